The van der Waals surface area contributed by atoms with E-state index in [4.69, 9.17) is 5.11 Å². The highest BCUT2D eigenvalue weighted by molar-refractivity contribution is 7.14. The lowest BCUT2D eigenvalue weighted by Crippen LogP contribution is -2.32. The second-order valence-corrected chi connectivity index (χ2v) is 5.62. The van der Waals surface area contributed by atoms with Crippen LogP contribution in [-0.4, -0.2) is 27.9 Å². The van der Waals surface area contributed by atoms with Crippen molar-refractivity contribution in [2.45, 2.75) is 26.7 Å². The van der Waals surface area contributed by atoms with Crippen molar-refractivity contribution in [1.29, 1.82) is 0 Å². The summed E-state index contributed by atoms with van der Waals surface area (Å²) in [5.41, 5.74) is -0.358. The van der Waals surface area contributed by atoms with Crippen LogP contribution in [0.5, 0.6) is 0 Å². The van der Waals surface area contributed by atoms with Crippen LogP contribution in [0.25, 0.3) is 0 Å². The summed E-state index contributed by atoms with van der Waals surface area (Å²) in [6.07, 6.45) is -0.0597. The normalized spacial score (nSPS) is 18.4. The minimum absolute atomic E-state index is 0.152. The molecule has 1 aromatic rings. The van der Waals surface area contributed by atoms with Crippen LogP contribution < -0.4 is 4.90 Å². The number of imide groups is 1. The Morgan fingerprint density at radius 3 is 2.72 bits per heavy atom. The number of thiazole rings is 1. The summed E-state index contributed by atoms with van der Waals surface area (Å²) in [7, 11) is 0. The van der Waals surface area contributed by atoms with E-state index in [0.717, 1.165) is 16.2 Å². The molecular formula is C11H12N2O4S. The van der Waals surface area contributed by atoms with E-state index in [1.54, 1.807) is 19.2 Å². The molecule has 0 unspecified atom stereocenters. The lowest BCUT2D eigenvalue weighted by Gasteiger charge is -2.14. The summed E-state index contributed by atoms with van der Waals surface area (Å²) < 4.78 is 0. The van der Waals surface area contributed by atoms with E-state index in [1.807, 2.05) is 0 Å². The zero-order valence-corrected chi connectivity index (χ0v) is 10.8. The molecule has 0 radical (unpaired) electrons. The van der Waals surface area contributed by atoms with E-state index in [1.165, 1.54) is 0 Å². The maximum atomic E-state index is 12.0. The predicted molar refractivity (Wildman–Crippen MR) is 64.3 cm³/mol. The second kappa shape index (κ2) is 4.16. The van der Waals surface area contributed by atoms with Gasteiger partial charge in [-0.1, -0.05) is 13.8 Å². The largest absolute Gasteiger partial charge is 0.481 e. The van der Waals surface area contributed by atoms with Gasteiger partial charge in [0.25, 0.3) is 0 Å². The van der Waals surface area contributed by atoms with Crippen LogP contribution in [-0.2, 0) is 20.8 Å². The molecule has 0 aromatic carbocycles. The van der Waals surface area contributed by atoms with Gasteiger partial charge in [-0.3, -0.25) is 14.4 Å². The van der Waals surface area contributed by atoms with E-state index >= 15 is 0 Å². The number of hydrogen-bond acceptors (Lipinski definition) is 5. The Kier molecular flexibility index (Phi) is 2.94. The molecule has 2 amide bonds. The van der Waals surface area contributed by atoms with E-state index in [0.29, 0.717) is 5.69 Å². The molecule has 1 aromatic heterocycles. The molecule has 0 aliphatic carbocycles. The highest BCUT2D eigenvalue weighted by Gasteiger charge is 2.46. The zero-order chi connectivity index (χ0) is 13.5. The lowest BCUT2D eigenvalue weighted by atomic mass is 9.92. The van der Waals surface area contributed by atoms with Crippen molar-refractivity contribution in [3.8, 4) is 0 Å². The van der Waals surface area contributed by atoms with Gasteiger partial charge in [-0.05, 0) is 0 Å². The molecule has 1 saturated heterocycles. The molecular weight excluding hydrogens is 256 g/mol. The van der Waals surface area contributed by atoms with Crippen molar-refractivity contribution in [1.82, 2.24) is 4.98 Å². The highest BCUT2D eigenvalue weighted by Crippen LogP contribution is 2.36. The minimum Gasteiger partial charge on any atom is -0.481 e. The van der Waals surface area contributed by atoms with Gasteiger partial charge in [-0.25, -0.2) is 9.88 Å². The third kappa shape index (κ3) is 2.13. The number of nitrogens with zero attached hydrogens (tertiary/aromatic N) is 2. The summed E-state index contributed by atoms with van der Waals surface area (Å²) in [4.78, 5) is 39.4. The first kappa shape index (κ1) is 12.7. The number of carboxylic acids is 1. The Labute approximate surface area is 107 Å². The number of rotatable bonds is 3. The van der Waals surface area contributed by atoms with Crippen molar-refractivity contribution in [3.05, 3.63) is 11.1 Å². The fourth-order valence-electron chi connectivity index (χ4n) is 1.78. The van der Waals surface area contributed by atoms with Crippen LogP contribution in [0.15, 0.2) is 5.38 Å². The molecule has 96 valence electrons. The number of amides is 2. The van der Waals surface area contributed by atoms with Crippen molar-refractivity contribution >= 4 is 34.3 Å². The maximum absolute atomic E-state index is 12.0. The van der Waals surface area contributed by atoms with Gasteiger partial charge in [0.2, 0.25) is 11.8 Å². The van der Waals surface area contributed by atoms with E-state index in [-0.39, 0.29) is 29.8 Å². The topological polar surface area (TPSA) is 87.6 Å². The van der Waals surface area contributed by atoms with Gasteiger partial charge in [0.1, 0.15) is 0 Å². The Morgan fingerprint density at radius 2 is 2.22 bits per heavy atom. The molecule has 0 spiro atoms. The summed E-state index contributed by atoms with van der Waals surface area (Å²) in [5.74, 6) is -1.57. The molecule has 1 aliphatic heterocycles. The van der Waals surface area contributed by atoms with Crippen LogP contribution in [0.1, 0.15) is 26.0 Å². The van der Waals surface area contributed by atoms with Crippen molar-refractivity contribution in [3.63, 3.8) is 0 Å². The Hall–Kier alpha value is -1.76. The van der Waals surface area contributed by atoms with Gasteiger partial charge in [-0.15, -0.1) is 11.3 Å². The number of anilines is 1. The second-order valence-electron chi connectivity index (χ2n) is 4.79. The van der Waals surface area contributed by atoms with Gasteiger partial charge in [0.05, 0.1) is 17.5 Å². The molecule has 2 rings (SSSR count). The first-order valence-corrected chi connectivity index (χ1v) is 6.23. The van der Waals surface area contributed by atoms with Crippen molar-refractivity contribution < 1.29 is 19.5 Å². The molecule has 6 nitrogen and oxygen atoms in total. The lowest BCUT2D eigenvalue weighted by molar-refractivity contribution is -0.136. The molecule has 0 saturated carbocycles. The van der Waals surface area contributed by atoms with E-state index in [2.05, 4.69) is 4.98 Å². The van der Waals surface area contributed by atoms with Crippen LogP contribution in [0.4, 0.5) is 5.13 Å². The summed E-state index contributed by atoms with van der Waals surface area (Å²) in [6, 6.07) is 0. The highest BCUT2D eigenvalue weighted by atomic mass is 32.1. The van der Waals surface area contributed by atoms with Gasteiger partial charge in [0.15, 0.2) is 5.13 Å². The molecule has 2 heterocycles. The van der Waals surface area contributed by atoms with Crippen LogP contribution in [0, 0.1) is 5.41 Å². The van der Waals surface area contributed by atoms with E-state index in [9.17, 15) is 14.4 Å². The first-order chi connectivity index (χ1) is 8.31. The van der Waals surface area contributed by atoms with Gasteiger partial charge >= 0.3 is 5.97 Å². The molecule has 1 fully saturated rings. The average Bonchev–Trinajstić information content (AvgIpc) is 2.71. The number of hydrogen-bond donors (Lipinski definition) is 1. The predicted octanol–water partition coefficient (Wildman–Crippen LogP) is 1.06. The molecule has 1 aliphatic rings. The zero-order valence-electron chi connectivity index (χ0n) is 9.97. The number of carboxylic acid groups (broad SMARTS) is 1. The third-order valence-electron chi connectivity index (χ3n) is 2.69. The SMILES string of the molecule is CC1(C)CC(=O)N(c2nc(CC(=O)O)cs2)C1=O. The number of carbonyl (C=O) groups is 3. The first-order valence-electron chi connectivity index (χ1n) is 5.35. The number of aromatic nitrogens is 1. The summed E-state index contributed by atoms with van der Waals surface area (Å²) in [6.45, 7) is 3.41. The quantitative estimate of drug-likeness (QED) is 0.828. The fourth-order valence-corrected chi connectivity index (χ4v) is 2.61. The molecule has 0 atom stereocenters. The molecule has 18 heavy (non-hydrogen) atoms. The van der Waals surface area contributed by atoms with Gasteiger partial charge in [0, 0.05) is 11.8 Å². The Bertz CT molecular complexity index is 535. The van der Waals surface area contributed by atoms with Crippen LogP contribution in [0.2, 0.25) is 0 Å². The average molecular weight is 268 g/mol. The maximum Gasteiger partial charge on any atom is 0.309 e. The number of carbonyl (C=O) groups excluding carboxylic acids is 2. The van der Waals surface area contributed by atoms with Gasteiger partial charge < -0.3 is 5.11 Å². The molecule has 7 heteroatoms. The third-order valence-corrected chi connectivity index (χ3v) is 3.56. The van der Waals surface area contributed by atoms with E-state index < -0.39 is 11.4 Å². The monoisotopic (exact) mass is 268 g/mol. The summed E-state index contributed by atoms with van der Waals surface area (Å²) in [5, 5.41) is 10.5. The van der Waals surface area contributed by atoms with Crippen molar-refractivity contribution in [2.24, 2.45) is 5.41 Å². The fraction of sp³-hybridized carbons (Fsp3) is 0.455. The Balaban J connectivity index is 2.27. The van der Waals surface area contributed by atoms with Crippen LogP contribution >= 0.6 is 11.3 Å². The minimum atomic E-state index is -0.994. The number of aliphatic carboxylic acids is 1. The van der Waals surface area contributed by atoms with Gasteiger partial charge in [-0.2, -0.15) is 0 Å². The van der Waals surface area contributed by atoms with Crippen LogP contribution in [0.3, 0.4) is 0 Å². The molecule has 1 N–H and O–H groups in total. The molecule has 0 bridgehead atoms. The smallest absolute Gasteiger partial charge is 0.309 e. The summed E-state index contributed by atoms with van der Waals surface area (Å²) >= 11 is 1.11. The standard InChI is InChI=1S/C11H12N2O4S/c1-11(2)4-7(14)13(9(11)17)10-12-6(5-18-10)3-8(15)16/h5H,3-4H2,1-2H3,(H,15,16). The van der Waals surface area contributed by atoms with Crippen molar-refractivity contribution in [2.75, 3.05) is 4.90 Å². The Morgan fingerprint density at radius 1 is 1.56 bits per heavy atom.